The summed E-state index contributed by atoms with van der Waals surface area (Å²) in [5.74, 6) is 0. The number of nitrogens with one attached hydrogen (secondary N) is 1. The van der Waals surface area contributed by atoms with Gasteiger partial charge in [-0.3, -0.25) is 0 Å². The van der Waals surface area contributed by atoms with Gasteiger partial charge in [0.2, 0.25) is 0 Å². The average Bonchev–Trinajstić information content (AvgIpc) is 2.28. The van der Waals surface area contributed by atoms with Crippen LogP contribution in [0.2, 0.25) is 0 Å². The van der Waals surface area contributed by atoms with Gasteiger partial charge in [-0.05, 0) is 19.0 Å². The standard InChI is InChI=1S/C14H21NO2/c1-3-15-8-14(17-13-9-16-10-13)12-6-4-11(2)5-7-12/h4-7,13-15H,3,8-10H2,1-2H3. The third-order valence-corrected chi connectivity index (χ3v) is 2.99. The molecule has 2 rings (SSSR count). The summed E-state index contributed by atoms with van der Waals surface area (Å²) in [7, 11) is 0. The number of rotatable bonds is 6. The highest BCUT2D eigenvalue weighted by Crippen LogP contribution is 2.21. The summed E-state index contributed by atoms with van der Waals surface area (Å²) in [6.07, 6.45) is 0.393. The van der Waals surface area contributed by atoms with Gasteiger partial charge in [0.15, 0.2) is 0 Å². The Labute approximate surface area is 103 Å². The summed E-state index contributed by atoms with van der Waals surface area (Å²) in [5.41, 5.74) is 2.52. The van der Waals surface area contributed by atoms with Crippen LogP contribution in [0.3, 0.4) is 0 Å². The van der Waals surface area contributed by atoms with E-state index in [0.717, 1.165) is 26.3 Å². The van der Waals surface area contributed by atoms with Gasteiger partial charge in [-0.2, -0.15) is 0 Å². The van der Waals surface area contributed by atoms with Crippen LogP contribution in [0, 0.1) is 6.92 Å². The lowest BCUT2D eigenvalue weighted by Gasteiger charge is -2.31. The molecular weight excluding hydrogens is 214 g/mol. The van der Waals surface area contributed by atoms with Gasteiger partial charge in [0.25, 0.3) is 0 Å². The molecule has 1 atom stereocenters. The molecule has 0 radical (unpaired) electrons. The number of hydrogen-bond acceptors (Lipinski definition) is 3. The number of benzene rings is 1. The summed E-state index contributed by atoms with van der Waals surface area (Å²) >= 11 is 0. The Morgan fingerprint density at radius 1 is 1.35 bits per heavy atom. The van der Waals surface area contributed by atoms with Crippen LogP contribution in [0.5, 0.6) is 0 Å². The second-order valence-electron chi connectivity index (χ2n) is 4.50. The van der Waals surface area contributed by atoms with Gasteiger partial charge in [0.05, 0.1) is 19.3 Å². The number of hydrogen-bond donors (Lipinski definition) is 1. The van der Waals surface area contributed by atoms with E-state index >= 15 is 0 Å². The van der Waals surface area contributed by atoms with E-state index in [0.29, 0.717) is 0 Å². The van der Waals surface area contributed by atoms with Crippen molar-refractivity contribution in [2.45, 2.75) is 26.1 Å². The quantitative estimate of drug-likeness (QED) is 0.818. The van der Waals surface area contributed by atoms with Gasteiger partial charge in [0.1, 0.15) is 6.10 Å². The van der Waals surface area contributed by atoms with Crippen LogP contribution in [-0.4, -0.2) is 32.4 Å². The van der Waals surface area contributed by atoms with E-state index in [1.807, 2.05) is 0 Å². The Morgan fingerprint density at radius 2 is 2.06 bits per heavy atom. The molecule has 0 spiro atoms. The first kappa shape index (κ1) is 12.6. The van der Waals surface area contributed by atoms with E-state index in [1.165, 1.54) is 11.1 Å². The second kappa shape index (κ2) is 6.15. The first-order chi connectivity index (χ1) is 8.29. The molecule has 1 fully saturated rings. The van der Waals surface area contributed by atoms with Crippen molar-refractivity contribution in [1.29, 1.82) is 0 Å². The molecule has 3 heteroatoms. The van der Waals surface area contributed by atoms with Crippen LogP contribution < -0.4 is 5.32 Å². The lowest BCUT2D eigenvalue weighted by molar-refractivity contribution is -0.155. The fourth-order valence-electron chi connectivity index (χ4n) is 1.83. The number of aryl methyl sites for hydroxylation is 1. The van der Waals surface area contributed by atoms with Gasteiger partial charge < -0.3 is 14.8 Å². The topological polar surface area (TPSA) is 30.5 Å². The molecule has 0 saturated carbocycles. The van der Waals surface area contributed by atoms with Gasteiger partial charge in [-0.1, -0.05) is 36.8 Å². The molecule has 1 unspecified atom stereocenters. The molecule has 1 saturated heterocycles. The smallest absolute Gasteiger partial charge is 0.105 e. The molecular formula is C14H21NO2. The molecule has 1 heterocycles. The van der Waals surface area contributed by atoms with Crippen molar-refractivity contribution < 1.29 is 9.47 Å². The predicted molar refractivity (Wildman–Crippen MR) is 68.2 cm³/mol. The van der Waals surface area contributed by atoms with Crippen molar-refractivity contribution in [3.05, 3.63) is 35.4 Å². The van der Waals surface area contributed by atoms with Crippen LogP contribution in [0.25, 0.3) is 0 Å². The Bertz CT molecular complexity index is 333. The molecule has 1 aliphatic rings. The molecule has 0 amide bonds. The Kier molecular flexibility index (Phi) is 4.54. The van der Waals surface area contributed by atoms with Gasteiger partial charge in [-0.15, -0.1) is 0 Å². The van der Waals surface area contributed by atoms with Gasteiger partial charge in [0, 0.05) is 6.54 Å². The largest absolute Gasteiger partial charge is 0.376 e. The van der Waals surface area contributed by atoms with E-state index in [4.69, 9.17) is 9.47 Å². The van der Waals surface area contributed by atoms with Crippen LogP contribution in [-0.2, 0) is 9.47 Å². The van der Waals surface area contributed by atoms with Crippen molar-refractivity contribution in [2.24, 2.45) is 0 Å². The molecule has 1 aromatic carbocycles. The normalized spacial score (nSPS) is 17.8. The summed E-state index contributed by atoms with van der Waals surface area (Å²) in [6.45, 7) is 7.49. The maximum Gasteiger partial charge on any atom is 0.105 e. The maximum absolute atomic E-state index is 6.03. The molecule has 17 heavy (non-hydrogen) atoms. The van der Waals surface area contributed by atoms with Crippen LogP contribution in [0.15, 0.2) is 24.3 Å². The molecule has 0 bridgehead atoms. The van der Waals surface area contributed by atoms with Crippen molar-refractivity contribution in [3.63, 3.8) is 0 Å². The van der Waals surface area contributed by atoms with Gasteiger partial charge >= 0.3 is 0 Å². The molecule has 1 aromatic rings. The Morgan fingerprint density at radius 3 is 2.59 bits per heavy atom. The molecule has 0 aromatic heterocycles. The fraction of sp³-hybridized carbons (Fsp3) is 0.571. The number of likely N-dealkylation sites (N-methyl/N-ethyl adjacent to an activating group) is 1. The van der Waals surface area contributed by atoms with E-state index in [9.17, 15) is 0 Å². The summed E-state index contributed by atoms with van der Waals surface area (Å²) < 4.78 is 11.2. The molecule has 1 aliphatic heterocycles. The number of ether oxygens (including phenoxy) is 2. The highest BCUT2D eigenvalue weighted by atomic mass is 16.6. The van der Waals surface area contributed by atoms with E-state index in [-0.39, 0.29) is 12.2 Å². The maximum atomic E-state index is 6.03. The molecule has 94 valence electrons. The minimum atomic E-state index is 0.129. The van der Waals surface area contributed by atoms with Crippen molar-refractivity contribution in [2.75, 3.05) is 26.3 Å². The Balaban J connectivity index is 1.99. The molecule has 1 N–H and O–H groups in total. The van der Waals surface area contributed by atoms with Crippen LogP contribution in [0.1, 0.15) is 24.2 Å². The minimum Gasteiger partial charge on any atom is -0.376 e. The van der Waals surface area contributed by atoms with Gasteiger partial charge in [-0.25, -0.2) is 0 Å². The Hall–Kier alpha value is -0.900. The zero-order chi connectivity index (χ0) is 12.1. The first-order valence-corrected chi connectivity index (χ1v) is 6.30. The third kappa shape index (κ3) is 3.53. The highest BCUT2D eigenvalue weighted by molar-refractivity contribution is 5.23. The zero-order valence-electron chi connectivity index (χ0n) is 10.6. The lowest BCUT2D eigenvalue weighted by atomic mass is 10.1. The first-order valence-electron chi connectivity index (χ1n) is 6.30. The second-order valence-corrected chi connectivity index (χ2v) is 4.50. The predicted octanol–water partition coefficient (Wildman–Crippen LogP) is 2.06. The fourth-order valence-corrected chi connectivity index (χ4v) is 1.83. The monoisotopic (exact) mass is 235 g/mol. The van der Waals surface area contributed by atoms with E-state index in [1.54, 1.807) is 0 Å². The SMILES string of the molecule is CCNCC(OC1COC1)c1ccc(C)cc1. The van der Waals surface area contributed by atoms with Crippen LogP contribution in [0.4, 0.5) is 0 Å². The highest BCUT2D eigenvalue weighted by Gasteiger charge is 2.24. The third-order valence-electron chi connectivity index (χ3n) is 2.99. The summed E-state index contributed by atoms with van der Waals surface area (Å²) in [6, 6.07) is 8.57. The molecule has 0 aliphatic carbocycles. The molecule has 3 nitrogen and oxygen atoms in total. The van der Waals surface area contributed by atoms with Crippen molar-refractivity contribution in [3.8, 4) is 0 Å². The zero-order valence-corrected chi connectivity index (χ0v) is 10.6. The minimum absolute atomic E-state index is 0.129. The average molecular weight is 235 g/mol. The van der Waals surface area contributed by atoms with Crippen molar-refractivity contribution >= 4 is 0 Å². The van der Waals surface area contributed by atoms with Crippen LogP contribution >= 0.6 is 0 Å². The lowest BCUT2D eigenvalue weighted by Crippen LogP contribution is -2.39. The van der Waals surface area contributed by atoms with E-state index < -0.39 is 0 Å². The summed E-state index contributed by atoms with van der Waals surface area (Å²) in [4.78, 5) is 0. The summed E-state index contributed by atoms with van der Waals surface area (Å²) in [5, 5.41) is 3.35. The van der Waals surface area contributed by atoms with Crippen molar-refractivity contribution in [1.82, 2.24) is 5.32 Å². The van der Waals surface area contributed by atoms with E-state index in [2.05, 4.69) is 43.4 Å².